The van der Waals surface area contributed by atoms with Gasteiger partial charge in [-0.2, -0.15) is 0 Å². The van der Waals surface area contributed by atoms with Crippen molar-refractivity contribution in [2.75, 3.05) is 0 Å². The number of aromatic nitrogens is 1. The molecule has 0 saturated heterocycles. The molecule has 0 saturated carbocycles. The van der Waals surface area contributed by atoms with E-state index in [-0.39, 0.29) is 36.4 Å². The first-order valence-electron chi connectivity index (χ1n) is 9.02. The van der Waals surface area contributed by atoms with Crippen LogP contribution in [0.15, 0.2) is 74.7 Å². The van der Waals surface area contributed by atoms with E-state index in [0.717, 1.165) is 11.4 Å². The summed E-state index contributed by atoms with van der Waals surface area (Å²) >= 11 is 0.482. The first-order valence-corrected chi connectivity index (χ1v) is 10.0. The quantitative estimate of drug-likeness (QED) is 0.380. The van der Waals surface area contributed by atoms with Crippen LogP contribution in [0.25, 0.3) is 0 Å². The molecular weight excluding hydrogens is 477 g/mol. The predicted molar refractivity (Wildman–Crippen MR) is 111 cm³/mol. The van der Waals surface area contributed by atoms with Crippen LogP contribution in [-0.4, -0.2) is 16.6 Å². The third-order valence-corrected chi connectivity index (χ3v) is 4.70. The summed E-state index contributed by atoms with van der Waals surface area (Å²) in [6.45, 7) is 6.97. The Labute approximate surface area is 201 Å². The van der Waals surface area contributed by atoms with E-state index in [9.17, 15) is 9.59 Å². The van der Waals surface area contributed by atoms with Gasteiger partial charge >= 0.3 is 107 Å². The van der Waals surface area contributed by atoms with Gasteiger partial charge in [0.15, 0.2) is 11.6 Å². The molecule has 8 heteroatoms. The minimum absolute atomic E-state index is 0. The van der Waals surface area contributed by atoms with Gasteiger partial charge in [-0.15, -0.1) is 0 Å². The van der Waals surface area contributed by atoms with Crippen LogP contribution >= 0.6 is 0 Å². The summed E-state index contributed by atoms with van der Waals surface area (Å²) in [6, 6.07) is 21.0. The number of rotatable bonds is 4. The van der Waals surface area contributed by atoms with E-state index in [2.05, 4.69) is 38.9 Å². The monoisotopic (exact) mass is 499 g/mol. The zero-order valence-electron chi connectivity index (χ0n) is 17.6. The van der Waals surface area contributed by atoms with E-state index >= 15 is 0 Å². The SMILES string of the molecule is CC(=O)c1cccc(C(C)=O)n1.Cc1ccccc1[N]=[Fe+2]=[N]c1ccccc1C.[Cl-].[Cl-]. The Kier molecular flexibility index (Phi) is 13.5. The molecule has 0 radical (unpaired) electrons. The largest absolute Gasteiger partial charge is 1.00 e. The maximum atomic E-state index is 10.8. The van der Waals surface area contributed by atoms with Gasteiger partial charge in [-0.25, -0.2) is 4.98 Å². The van der Waals surface area contributed by atoms with Gasteiger partial charge in [0.25, 0.3) is 0 Å². The van der Waals surface area contributed by atoms with Crippen molar-refractivity contribution in [2.45, 2.75) is 27.7 Å². The van der Waals surface area contributed by atoms with E-state index in [1.54, 1.807) is 18.2 Å². The number of pyridine rings is 1. The van der Waals surface area contributed by atoms with Crippen molar-refractivity contribution >= 4 is 22.9 Å². The number of halogens is 2. The molecule has 3 aromatic rings. The van der Waals surface area contributed by atoms with Gasteiger partial charge in [0.1, 0.15) is 11.4 Å². The Hall–Kier alpha value is -2.37. The maximum Gasteiger partial charge on any atom is -1.00 e. The van der Waals surface area contributed by atoms with Crippen molar-refractivity contribution in [2.24, 2.45) is 7.92 Å². The second-order valence-electron chi connectivity index (χ2n) is 6.32. The molecule has 164 valence electrons. The Morgan fingerprint density at radius 1 is 0.677 bits per heavy atom. The number of ketones is 2. The van der Waals surface area contributed by atoms with Crippen molar-refractivity contribution in [1.29, 1.82) is 0 Å². The predicted octanol–water partition coefficient (Wildman–Crippen LogP) is 0.211. The van der Waals surface area contributed by atoms with Crippen LogP contribution in [-0.2, 0) is 14.6 Å². The van der Waals surface area contributed by atoms with Gasteiger partial charge in [0.05, 0.1) is 0 Å². The van der Waals surface area contributed by atoms with Crippen LogP contribution in [0, 0.1) is 13.8 Å². The number of benzene rings is 2. The van der Waals surface area contributed by atoms with Crippen molar-refractivity contribution in [3.05, 3.63) is 89.2 Å². The summed E-state index contributed by atoms with van der Waals surface area (Å²) in [6.07, 6.45) is 0. The minimum atomic E-state index is -0.127. The second-order valence-corrected chi connectivity index (χ2v) is 7.04. The van der Waals surface area contributed by atoms with E-state index < -0.39 is 0 Å². The summed E-state index contributed by atoms with van der Waals surface area (Å²) in [5, 5.41) is 0. The van der Waals surface area contributed by atoms with Crippen LogP contribution in [0.5, 0.6) is 0 Å². The molecule has 0 unspecified atom stereocenters. The van der Waals surface area contributed by atoms with Gasteiger partial charge in [0, 0.05) is 13.8 Å². The molecule has 0 fully saturated rings. The third kappa shape index (κ3) is 9.53. The van der Waals surface area contributed by atoms with Gasteiger partial charge in [-0.05, 0) is 12.1 Å². The standard InChI is InChI=1S/C9H9NO2.2C7H7N.2ClH.Fe/c1-6(11)8-4-3-5-9(10-8)7(2)12;2*1-6-4-2-3-5-7(6)8;;;/h3-5H,1-2H3;2*2-5H,1H3;2*1H;/q;;;;;+2/p-2. The Bertz CT molecular complexity index is 1020. The molecule has 0 bridgehead atoms. The van der Waals surface area contributed by atoms with Crippen LogP contribution < -0.4 is 24.8 Å². The van der Waals surface area contributed by atoms with Gasteiger partial charge in [-0.1, -0.05) is 6.07 Å². The van der Waals surface area contributed by atoms with E-state index in [0.29, 0.717) is 26.0 Å². The second kappa shape index (κ2) is 14.6. The molecule has 3 rings (SSSR count). The van der Waals surface area contributed by atoms with Gasteiger partial charge < -0.3 is 24.8 Å². The molecule has 2 aromatic carbocycles. The Balaban J connectivity index is 0.000000575. The van der Waals surface area contributed by atoms with Crippen LogP contribution in [0.1, 0.15) is 46.0 Å². The van der Waals surface area contributed by atoms with Crippen LogP contribution in [0.3, 0.4) is 0 Å². The average Bonchev–Trinajstić information content (AvgIpc) is 2.71. The summed E-state index contributed by atoms with van der Waals surface area (Å²) in [5.41, 5.74) is 5.08. The van der Waals surface area contributed by atoms with Gasteiger partial charge in [0.2, 0.25) is 0 Å². The first-order chi connectivity index (χ1) is 13.9. The summed E-state index contributed by atoms with van der Waals surface area (Å²) in [4.78, 5) is 25.6. The molecule has 0 atom stereocenters. The number of carbonyl (C=O) groups is 2. The fourth-order valence-electron chi connectivity index (χ4n) is 2.22. The molecule has 0 spiro atoms. The summed E-state index contributed by atoms with van der Waals surface area (Å²) in [5.74, 6) is -0.254. The third-order valence-electron chi connectivity index (χ3n) is 3.94. The molecule has 1 heterocycles. The normalized spacial score (nSPS) is 9.03. The fourth-order valence-corrected chi connectivity index (χ4v) is 3.07. The van der Waals surface area contributed by atoms with Crippen molar-refractivity contribution in [3.63, 3.8) is 0 Å². The van der Waals surface area contributed by atoms with E-state index in [1.807, 2.05) is 36.4 Å². The first kappa shape index (κ1) is 28.6. The average molecular weight is 500 g/mol. The van der Waals surface area contributed by atoms with Crippen molar-refractivity contribution < 1.29 is 49.0 Å². The fraction of sp³-hybridized carbons (Fsp3) is 0.174. The summed E-state index contributed by atoms with van der Waals surface area (Å²) in [7, 11) is 0. The van der Waals surface area contributed by atoms with Crippen molar-refractivity contribution in [3.8, 4) is 0 Å². The number of nitrogens with zero attached hydrogens (tertiary/aromatic N) is 3. The molecular formula is C23H23Cl2FeN3O2. The zero-order valence-corrected chi connectivity index (χ0v) is 20.2. The number of aryl methyl sites for hydroxylation is 2. The molecule has 5 nitrogen and oxygen atoms in total. The molecule has 1 aromatic heterocycles. The number of hydrogen-bond acceptors (Lipinski definition) is 5. The summed E-state index contributed by atoms with van der Waals surface area (Å²) < 4.78 is 8.95. The number of Topliss-reactive ketones (excluding diaryl/α,β-unsaturated/α-hetero) is 2. The van der Waals surface area contributed by atoms with E-state index in [4.69, 9.17) is 0 Å². The molecule has 31 heavy (non-hydrogen) atoms. The van der Waals surface area contributed by atoms with E-state index in [1.165, 1.54) is 25.0 Å². The minimum Gasteiger partial charge on any atom is -1.00 e. The Morgan fingerprint density at radius 3 is 1.42 bits per heavy atom. The van der Waals surface area contributed by atoms with Crippen LogP contribution in [0.4, 0.5) is 11.4 Å². The zero-order chi connectivity index (χ0) is 21.2. The van der Waals surface area contributed by atoms with Crippen LogP contribution in [0.2, 0.25) is 0 Å². The topological polar surface area (TPSA) is 71.8 Å². The molecule has 0 aliphatic carbocycles. The number of carbonyl (C=O) groups excluding carboxylic acids is 2. The molecule has 0 N–H and O–H groups in total. The molecule has 0 aliphatic rings. The molecule has 0 aliphatic heterocycles. The smallest absolute Gasteiger partial charge is 1.00 e. The van der Waals surface area contributed by atoms with Crippen molar-refractivity contribution in [1.82, 2.24) is 4.98 Å². The maximum absolute atomic E-state index is 10.8. The Morgan fingerprint density at radius 2 is 1.06 bits per heavy atom. The molecule has 0 amide bonds. The number of hydrogen-bond donors (Lipinski definition) is 0. The van der Waals surface area contributed by atoms with Gasteiger partial charge in [-0.3, -0.25) is 9.59 Å².